The van der Waals surface area contributed by atoms with Crippen molar-refractivity contribution in [2.45, 2.75) is 39.7 Å². The maximum atomic E-state index is 13.5. The van der Waals surface area contributed by atoms with Crippen LogP contribution in [0.2, 0.25) is 0 Å². The van der Waals surface area contributed by atoms with Gasteiger partial charge < -0.3 is 4.74 Å². The van der Waals surface area contributed by atoms with Crippen molar-refractivity contribution in [1.29, 1.82) is 0 Å². The molecule has 33 heavy (non-hydrogen) atoms. The number of ether oxygens (including phenoxy) is 1. The molecule has 1 aliphatic heterocycles. The number of rotatable bonds is 6. The van der Waals surface area contributed by atoms with Gasteiger partial charge >= 0.3 is 0 Å². The van der Waals surface area contributed by atoms with Crippen LogP contribution >= 0.6 is 12.2 Å². The Bertz CT molecular complexity index is 1260. The lowest BCUT2D eigenvalue weighted by molar-refractivity contribution is -0.122. The van der Waals surface area contributed by atoms with E-state index in [4.69, 9.17) is 17.0 Å². The van der Waals surface area contributed by atoms with E-state index in [0.717, 1.165) is 29.2 Å². The van der Waals surface area contributed by atoms with Crippen LogP contribution in [0.3, 0.4) is 0 Å². The van der Waals surface area contributed by atoms with E-state index in [0.29, 0.717) is 17.0 Å². The first-order valence-corrected chi connectivity index (χ1v) is 11.5. The van der Waals surface area contributed by atoms with Crippen LogP contribution in [0.15, 0.2) is 66.2 Å². The molecule has 2 amide bonds. The van der Waals surface area contributed by atoms with Crippen molar-refractivity contribution < 1.29 is 14.3 Å². The first-order valence-electron chi connectivity index (χ1n) is 11.1. The largest absolute Gasteiger partial charge is 0.490 e. The number of aryl methyl sites for hydroxylation is 1. The van der Waals surface area contributed by atoms with Crippen molar-refractivity contribution in [2.75, 3.05) is 4.90 Å². The van der Waals surface area contributed by atoms with Crippen molar-refractivity contribution in [2.24, 2.45) is 0 Å². The van der Waals surface area contributed by atoms with Gasteiger partial charge in [0, 0.05) is 5.56 Å². The summed E-state index contributed by atoms with van der Waals surface area (Å²) in [5.41, 5.74) is 2.47. The Kier molecular flexibility index (Phi) is 6.56. The number of hydrogen-bond acceptors (Lipinski definition) is 4. The smallest absolute Gasteiger partial charge is 0.270 e. The minimum Gasteiger partial charge on any atom is -0.490 e. The number of benzene rings is 3. The van der Waals surface area contributed by atoms with Crippen LogP contribution in [0.4, 0.5) is 5.69 Å². The van der Waals surface area contributed by atoms with Gasteiger partial charge in [0.25, 0.3) is 11.8 Å². The van der Waals surface area contributed by atoms with Gasteiger partial charge in [0.2, 0.25) is 0 Å². The number of nitrogens with one attached hydrogen (secondary N) is 1. The Morgan fingerprint density at radius 2 is 1.76 bits per heavy atom. The lowest BCUT2D eigenvalue weighted by atomic mass is 9.99. The van der Waals surface area contributed by atoms with Gasteiger partial charge in [-0.2, -0.15) is 0 Å². The summed E-state index contributed by atoms with van der Waals surface area (Å²) in [5, 5.41) is 4.63. The van der Waals surface area contributed by atoms with Crippen molar-refractivity contribution in [3.05, 3.63) is 77.4 Å². The van der Waals surface area contributed by atoms with Crippen molar-refractivity contribution >= 4 is 51.7 Å². The first-order chi connectivity index (χ1) is 15.9. The second-order valence-corrected chi connectivity index (χ2v) is 8.40. The van der Waals surface area contributed by atoms with Crippen LogP contribution in [0.5, 0.6) is 5.75 Å². The van der Waals surface area contributed by atoms with Gasteiger partial charge in [0.05, 0.1) is 11.8 Å². The summed E-state index contributed by atoms with van der Waals surface area (Å²) in [6.45, 7) is 6.10. The molecule has 0 saturated carbocycles. The highest BCUT2D eigenvalue weighted by Crippen LogP contribution is 2.32. The standard InChI is InChI=1S/C27H26N2O3S/c1-4-17(3)32-24-15-12-19-8-6-7-9-21(19)22(24)16-23-25(30)28-27(33)29(26(23)31)20-13-10-18(5-2)11-14-20/h6-17H,4-5H2,1-3H3,(H,28,30,33)/b23-16+/t17-/m1/s1. The molecular weight excluding hydrogens is 432 g/mol. The lowest BCUT2D eigenvalue weighted by Crippen LogP contribution is -2.54. The zero-order valence-corrected chi connectivity index (χ0v) is 19.7. The first kappa shape index (κ1) is 22.7. The SMILES string of the molecule is CCc1ccc(N2C(=O)/C(=C/c3c(O[C@H](C)CC)ccc4ccccc34)C(=O)NC2=S)cc1. The summed E-state index contributed by atoms with van der Waals surface area (Å²) in [6, 6.07) is 19.3. The number of hydrogen-bond donors (Lipinski definition) is 1. The fourth-order valence-corrected chi connectivity index (χ4v) is 4.03. The highest BCUT2D eigenvalue weighted by molar-refractivity contribution is 7.80. The third-order valence-corrected chi connectivity index (χ3v) is 6.11. The Hall–Kier alpha value is -3.51. The Balaban J connectivity index is 1.83. The average molecular weight is 459 g/mol. The van der Waals surface area contributed by atoms with E-state index in [1.54, 1.807) is 6.08 Å². The Labute approximate surface area is 199 Å². The number of fused-ring (bicyclic) bond motifs is 1. The van der Waals surface area contributed by atoms with Gasteiger partial charge in [-0.3, -0.25) is 19.8 Å². The van der Waals surface area contributed by atoms with Gasteiger partial charge in [-0.1, -0.05) is 56.3 Å². The summed E-state index contributed by atoms with van der Waals surface area (Å²) in [5.74, 6) is -0.354. The van der Waals surface area contributed by atoms with Crippen LogP contribution in [0, 0.1) is 0 Å². The van der Waals surface area contributed by atoms with Crippen LogP contribution in [-0.2, 0) is 16.0 Å². The summed E-state index contributed by atoms with van der Waals surface area (Å²) >= 11 is 5.34. The van der Waals surface area contributed by atoms with E-state index in [1.807, 2.05) is 74.5 Å². The van der Waals surface area contributed by atoms with Gasteiger partial charge in [-0.15, -0.1) is 0 Å². The predicted octanol–water partition coefficient (Wildman–Crippen LogP) is 5.41. The molecule has 0 aromatic heterocycles. The van der Waals surface area contributed by atoms with Gasteiger partial charge in [0.1, 0.15) is 11.3 Å². The molecule has 0 unspecified atom stereocenters. The average Bonchev–Trinajstić information content (AvgIpc) is 2.82. The molecule has 6 heteroatoms. The Morgan fingerprint density at radius 3 is 2.45 bits per heavy atom. The minimum absolute atomic E-state index is 0.00789. The van der Waals surface area contributed by atoms with Crippen molar-refractivity contribution in [3.63, 3.8) is 0 Å². The fraction of sp³-hybridized carbons (Fsp3) is 0.222. The highest BCUT2D eigenvalue weighted by atomic mass is 32.1. The summed E-state index contributed by atoms with van der Waals surface area (Å²) in [4.78, 5) is 27.7. The molecule has 0 spiro atoms. The van der Waals surface area contributed by atoms with Crippen molar-refractivity contribution in [3.8, 4) is 5.75 Å². The zero-order valence-electron chi connectivity index (χ0n) is 18.9. The Morgan fingerprint density at radius 1 is 1.03 bits per heavy atom. The van der Waals surface area contributed by atoms with Crippen molar-refractivity contribution in [1.82, 2.24) is 5.32 Å². The predicted molar refractivity (Wildman–Crippen MR) is 136 cm³/mol. The van der Waals surface area contributed by atoms with Crippen LogP contribution < -0.4 is 15.0 Å². The molecule has 5 nitrogen and oxygen atoms in total. The van der Waals surface area contributed by atoms with E-state index < -0.39 is 11.8 Å². The van der Waals surface area contributed by atoms with Crippen LogP contribution in [0.1, 0.15) is 38.3 Å². The molecular formula is C27H26N2O3S. The number of carbonyl (C=O) groups is 2. The second kappa shape index (κ2) is 9.55. The number of amides is 2. The zero-order chi connectivity index (χ0) is 23.5. The molecule has 1 saturated heterocycles. The molecule has 0 bridgehead atoms. The summed E-state index contributed by atoms with van der Waals surface area (Å²) in [6.07, 6.45) is 3.33. The maximum absolute atomic E-state index is 13.5. The third-order valence-electron chi connectivity index (χ3n) is 5.83. The number of nitrogens with zero attached hydrogens (tertiary/aromatic N) is 1. The molecule has 1 fully saturated rings. The topological polar surface area (TPSA) is 58.6 Å². The highest BCUT2D eigenvalue weighted by Gasteiger charge is 2.34. The van der Waals surface area contributed by atoms with E-state index in [1.165, 1.54) is 4.90 Å². The summed E-state index contributed by atoms with van der Waals surface area (Å²) in [7, 11) is 0. The molecule has 1 atom stereocenters. The normalized spacial score (nSPS) is 16.3. The van der Waals surface area contributed by atoms with Gasteiger partial charge in [0.15, 0.2) is 5.11 Å². The van der Waals surface area contributed by atoms with Crippen LogP contribution in [-0.4, -0.2) is 23.0 Å². The molecule has 3 aromatic rings. The lowest BCUT2D eigenvalue weighted by Gasteiger charge is -2.29. The molecule has 1 N–H and O–H groups in total. The third kappa shape index (κ3) is 4.52. The van der Waals surface area contributed by atoms with E-state index in [2.05, 4.69) is 12.2 Å². The molecule has 0 aliphatic carbocycles. The maximum Gasteiger partial charge on any atom is 0.270 e. The van der Waals surface area contributed by atoms with Gasteiger partial charge in [-0.05, 0) is 72.6 Å². The number of thiocarbonyl (C=S) groups is 1. The molecule has 0 radical (unpaired) electrons. The van der Waals surface area contributed by atoms with E-state index >= 15 is 0 Å². The molecule has 3 aromatic carbocycles. The number of anilines is 1. The summed E-state index contributed by atoms with van der Waals surface area (Å²) < 4.78 is 6.15. The molecule has 1 heterocycles. The van der Waals surface area contributed by atoms with Crippen LogP contribution in [0.25, 0.3) is 16.8 Å². The number of carbonyl (C=O) groups excluding carboxylic acids is 2. The fourth-order valence-electron chi connectivity index (χ4n) is 3.74. The molecule has 168 valence electrons. The van der Waals surface area contributed by atoms with E-state index in [-0.39, 0.29) is 16.8 Å². The molecule has 1 aliphatic rings. The monoisotopic (exact) mass is 458 g/mol. The quantitative estimate of drug-likeness (QED) is 0.305. The second-order valence-electron chi connectivity index (χ2n) is 8.01. The van der Waals surface area contributed by atoms with E-state index in [9.17, 15) is 9.59 Å². The van der Waals surface area contributed by atoms with Gasteiger partial charge in [-0.25, -0.2) is 0 Å². The molecule has 4 rings (SSSR count). The minimum atomic E-state index is -0.520.